The first-order chi connectivity index (χ1) is 21.1. The number of pyridine rings is 1. The monoisotopic (exact) mass is 587 g/mol. The van der Waals surface area contributed by atoms with Gasteiger partial charge in [-0.25, -0.2) is 9.78 Å². The summed E-state index contributed by atoms with van der Waals surface area (Å²) >= 11 is 0. The smallest absolute Gasteiger partial charge is 0.410 e. The number of aromatic amines is 1. The maximum Gasteiger partial charge on any atom is 0.410 e. The van der Waals surface area contributed by atoms with E-state index in [4.69, 9.17) is 14.8 Å². The Kier molecular flexibility index (Phi) is 7.60. The van der Waals surface area contributed by atoms with Crippen LogP contribution in [0.2, 0.25) is 0 Å². The standard InChI is InChI=1S/C35H37N7O2/c1-23-32(24(2)42(39-23)22-26-8-6-7-25(17-26)19-36)31-21-38-33-30(31)18-28(20-37-33)27-9-11-29(12-10-27)40-13-15-41(16-14-40)34(43)44-35(3,4)5/h6-12,17-18,20-21H,13-16,22H2,1-5H3,(H,37,38). The number of ether oxygens (including phenoxy) is 1. The summed E-state index contributed by atoms with van der Waals surface area (Å²) in [5.74, 6) is 0. The number of amides is 1. The molecule has 1 aliphatic rings. The van der Waals surface area contributed by atoms with Crippen LogP contribution in [0.1, 0.15) is 43.3 Å². The Labute approximate surface area is 257 Å². The van der Waals surface area contributed by atoms with Gasteiger partial charge in [-0.15, -0.1) is 0 Å². The number of aromatic nitrogens is 4. The summed E-state index contributed by atoms with van der Waals surface area (Å²) in [5, 5.41) is 15.2. The lowest BCUT2D eigenvalue weighted by atomic mass is 10.0. The summed E-state index contributed by atoms with van der Waals surface area (Å²) < 4.78 is 7.54. The van der Waals surface area contributed by atoms with Crippen LogP contribution in [0.3, 0.4) is 0 Å². The number of hydrogen-bond donors (Lipinski definition) is 1. The number of piperazine rings is 1. The number of aryl methyl sites for hydroxylation is 1. The molecule has 9 heteroatoms. The second-order valence-corrected chi connectivity index (χ2v) is 12.3. The fourth-order valence-corrected chi connectivity index (χ4v) is 5.86. The van der Waals surface area contributed by atoms with Crippen LogP contribution in [0.15, 0.2) is 67.0 Å². The predicted octanol–water partition coefficient (Wildman–Crippen LogP) is 6.69. The van der Waals surface area contributed by atoms with Crippen molar-refractivity contribution in [2.24, 2.45) is 0 Å². The molecule has 1 amide bonds. The highest BCUT2D eigenvalue weighted by atomic mass is 16.6. The molecular weight excluding hydrogens is 550 g/mol. The highest BCUT2D eigenvalue weighted by molar-refractivity contribution is 5.97. The summed E-state index contributed by atoms with van der Waals surface area (Å²) in [4.78, 5) is 24.6. The summed E-state index contributed by atoms with van der Waals surface area (Å²) in [6.07, 6.45) is 3.67. The van der Waals surface area contributed by atoms with Crippen LogP contribution in [0.25, 0.3) is 33.3 Å². The second-order valence-electron chi connectivity index (χ2n) is 12.3. The molecule has 0 radical (unpaired) electrons. The third-order valence-electron chi connectivity index (χ3n) is 8.07. The van der Waals surface area contributed by atoms with E-state index in [0.717, 1.165) is 69.0 Å². The average Bonchev–Trinajstić information content (AvgIpc) is 3.54. The number of carbonyl (C=O) groups is 1. The SMILES string of the molecule is Cc1nn(Cc2cccc(C#N)c2)c(C)c1-c1c[nH]c2ncc(-c3ccc(N4CCN(C(=O)OC(C)(C)C)CC4)cc3)cc12. The highest BCUT2D eigenvalue weighted by Crippen LogP contribution is 2.35. The second kappa shape index (κ2) is 11.5. The first-order valence-electron chi connectivity index (χ1n) is 14.9. The third-order valence-corrected chi connectivity index (χ3v) is 8.07. The maximum atomic E-state index is 12.4. The maximum absolute atomic E-state index is 12.4. The molecule has 1 aliphatic heterocycles. The molecule has 0 atom stereocenters. The fourth-order valence-electron chi connectivity index (χ4n) is 5.86. The van der Waals surface area contributed by atoms with Gasteiger partial charge < -0.3 is 19.5 Å². The molecule has 0 unspecified atom stereocenters. The normalized spacial score (nSPS) is 13.7. The van der Waals surface area contributed by atoms with Crippen molar-refractivity contribution in [2.45, 2.75) is 46.8 Å². The van der Waals surface area contributed by atoms with Gasteiger partial charge in [0.15, 0.2) is 0 Å². The molecule has 3 aromatic heterocycles. The Bertz CT molecular complexity index is 1860. The van der Waals surface area contributed by atoms with E-state index >= 15 is 0 Å². The number of anilines is 1. The molecule has 1 fully saturated rings. The van der Waals surface area contributed by atoms with Crippen LogP contribution in [-0.4, -0.2) is 62.5 Å². The Balaban J connectivity index is 1.20. The van der Waals surface area contributed by atoms with Crippen LogP contribution < -0.4 is 4.90 Å². The van der Waals surface area contributed by atoms with Gasteiger partial charge in [-0.05, 0) is 76.1 Å². The van der Waals surface area contributed by atoms with Gasteiger partial charge in [-0.2, -0.15) is 10.4 Å². The van der Waals surface area contributed by atoms with Crippen LogP contribution >= 0.6 is 0 Å². The topological polar surface area (TPSA) is 103 Å². The van der Waals surface area contributed by atoms with E-state index in [1.165, 1.54) is 0 Å². The minimum absolute atomic E-state index is 0.248. The molecule has 6 rings (SSSR count). The lowest BCUT2D eigenvalue weighted by molar-refractivity contribution is 0.0240. The van der Waals surface area contributed by atoms with Crippen LogP contribution in [-0.2, 0) is 11.3 Å². The number of H-pyrrole nitrogens is 1. The molecule has 44 heavy (non-hydrogen) atoms. The molecule has 0 aliphatic carbocycles. The number of carbonyl (C=O) groups excluding carboxylic acids is 1. The van der Waals surface area contributed by atoms with Gasteiger partial charge in [0.2, 0.25) is 0 Å². The van der Waals surface area contributed by atoms with E-state index in [-0.39, 0.29) is 6.09 Å². The Morgan fingerprint density at radius 2 is 1.77 bits per heavy atom. The van der Waals surface area contributed by atoms with E-state index in [0.29, 0.717) is 25.2 Å². The van der Waals surface area contributed by atoms with E-state index < -0.39 is 5.60 Å². The van der Waals surface area contributed by atoms with Crippen molar-refractivity contribution in [1.29, 1.82) is 5.26 Å². The molecule has 5 aromatic rings. The molecule has 1 saturated heterocycles. The van der Waals surface area contributed by atoms with Gasteiger partial charge in [-0.1, -0.05) is 24.3 Å². The summed E-state index contributed by atoms with van der Waals surface area (Å²) in [5.41, 5.74) is 9.45. The first kappa shape index (κ1) is 29.0. The van der Waals surface area contributed by atoms with Crippen LogP contribution in [0.4, 0.5) is 10.5 Å². The van der Waals surface area contributed by atoms with Gasteiger partial charge in [0.1, 0.15) is 11.2 Å². The minimum Gasteiger partial charge on any atom is -0.444 e. The van der Waals surface area contributed by atoms with Gasteiger partial charge in [0.25, 0.3) is 0 Å². The van der Waals surface area contributed by atoms with Crippen molar-refractivity contribution in [3.8, 4) is 28.3 Å². The summed E-state index contributed by atoms with van der Waals surface area (Å²) in [6, 6.07) is 20.6. The molecule has 2 aromatic carbocycles. The molecule has 0 bridgehead atoms. The van der Waals surface area contributed by atoms with Crippen molar-refractivity contribution in [3.63, 3.8) is 0 Å². The van der Waals surface area contributed by atoms with E-state index in [1.54, 1.807) is 4.90 Å². The molecule has 0 saturated carbocycles. The highest BCUT2D eigenvalue weighted by Gasteiger charge is 2.26. The number of rotatable bonds is 5. The molecule has 4 heterocycles. The molecule has 0 spiro atoms. The number of benzene rings is 2. The largest absolute Gasteiger partial charge is 0.444 e. The zero-order chi connectivity index (χ0) is 31.0. The Morgan fingerprint density at radius 1 is 1.02 bits per heavy atom. The molecule has 9 nitrogen and oxygen atoms in total. The van der Waals surface area contributed by atoms with Crippen molar-refractivity contribution >= 4 is 22.8 Å². The first-order valence-corrected chi connectivity index (χ1v) is 14.9. The predicted molar refractivity (Wildman–Crippen MR) is 173 cm³/mol. The number of nitrogens with one attached hydrogen (secondary N) is 1. The molecule has 1 N–H and O–H groups in total. The fraction of sp³-hybridized carbons (Fsp3) is 0.314. The van der Waals surface area contributed by atoms with Crippen LogP contribution in [0.5, 0.6) is 0 Å². The number of nitrogens with zero attached hydrogens (tertiary/aromatic N) is 6. The zero-order valence-corrected chi connectivity index (χ0v) is 25.9. The lowest BCUT2D eigenvalue weighted by Crippen LogP contribution is -2.50. The number of fused-ring (bicyclic) bond motifs is 1. The quantitative estimate of drug-likeness (QED) is 0.246. The van der Waals surface area contributed by atoms with Crippen molar-refractivity contribution in [3.05, 3.63) is 89.5 Å². The zero-order valence-electron chi connectivity index (χ0n) is 25.9. The average molecular weight is 588 g/mol. The van der Waals surface area contributed by atoms with Crippen molar-refractivity contribution in [1.82, 2.24) is 24.6 Å². The van der Waals surface area contributed by atoms with E-state index in [2.05, 4.69) is 53.2 Å². The number of nitriles is 1. The molecular formula is C35H37N7O2. The third kappa shape index (κ3) is 5.88. The Hall–Kier alpha value is -5.10. The van der Waals surface area contributed by atoms with Crippen molar-refractivity contribution < 1.29 is 9.53 Å². The van der Waals surface area contributed by atoms with E-state index in [9.17, 15) is 10.1 Å². The minimum atomic E-state index is -0.491. The lowest BCUT2D eigenvalue weighted by Gasteiger charge is -2.36. The van der Waals surface area contributed by atoms with Gasteiger partial charge in [-0.3, -0.25) is 4.68 Å². The van der Waals surface area contributed by atoms with E-state index in [1.807, 2.05) is 69.0 Å². The van der Waals surface area contributed by atoms with Crippen molar-refractivity contribution in [2.75, 3.05) is 31.1 Å². The molecule has 224 valence electrons. The summed E-state index contributed by atoms with van der Waals surface area (Å²) in [7, 11) is 0. The van der Waals surface area contributed by atoms with Crippen LogP contribution in [0, 0.1) is 25.2 Å². The number of hydrogen-bond acceptors (Lipinski definition) is 6. The van der Waals surface area contributed by atoms with Gasteiger partial charge >= 0.3 is 6.09 Å². The Morgan fingerprint density at radius 3 is 2.48 bits per heavy atom. The van der Waals surface area contributed by atoms with Gasteiger partial charge in [0, 0.05) is 72.0 Å². The van der Waals surface area contributed by atoms with Gasteiger partial charge in [0.05, 0.1) is 23.9 Å². The summed E-state index contributed by atoms with van der Waals surface area (Å²) in [6.45, 7) is 13.2.